The van der Waals surface area contributed by atoms with Crippen LogP contribution in [-0.2, 0) is 13.1 Å². The van der Waals surface area contributed by atoms with Gasteiger partial charge >= 0.3 is 0 Å². The number of carbonyl (C=O) groups is 1. The number of aromatic nitrogens is 3. The number of hydrazine groups is 1. The molecule has 0 fully saturated rings. The quantitative estimate of drug-likeness (QED) is 0.554. The van der Waals surface area contributed by atoms with Crippen LogP contribution in [0.25, 0.3) is 0 Å². The van der Waals surface area contributed by atoms with Crippen LogP contribution < -0.4 is 16.6 Å². The number of hydrogen-bond donors (Lipinski definition) is 3. The monoisotopic (exact) mass is 274 g/mol. The lowest BCUT2D eigenvalue weighted by atomic mass is 10.1. The number of rotatable bonds is 5. The van der Waals surface area contributed by atoms with Crippen molar-refractivity contribution in [2.45, 2.75) is 26.9 Å². The Morgan fingerprint density at radius 3 is 2.95 bits per heavy atom. The molecule has 1 heterocycles. The normalized spacial score (nSPS) is 10.3. The van der Waals surface area contributed by atoms with Gasteiger partial charge in [0.05, 0.1) is 17.8 Å². The van der Waals surface area contributed by atoms with Crippen molar-refractivity contribution in [3.8, 4) is 0 Å². The number of nitrogens with zero attached hydrogens (tertiary/aromatic N) is 3. The van der Waals surface area contributed by atoms with E-state index >= 15 is 0 Å². The van der Waals surface area contributed by atoms with E-state index in [0.29, 0.717) is 17.8 Å². The van der Waals surface area contributed by atoms with E-state index in [4.69, 9.17) is 5.84 Å². The zero-order valence-corrected chi connectivity index (χ0v) is 11.6. The Morgan fingerprint density at radius 1 is 1.45 bits per heavy atom. The highest BCUT2D eigenvalue weighted by Crippen LogP contribution is 2.16. The summed E-state index contributed by atoms with van der Waals surface area (Å²) in [5.41, 5.74) is 4.61. The third kappa shape index (κ3) is 2.94. The minimum atomic E-state index is -0.202. The average Bonchev–Trinajstić information content (AvgIpc) is 2.92. The number of hydrogen-bond acceptors (Lipinski definition) is 5. The molecule has 2 rings (SSSR count). The number of nitrogens with two attached hydrogens (primary N) is 1. The van der Waals surface area contributed by atoms with Gasteiger partial charge in [-0.2, -0.15) is 0 Å². The highest BCUT2D eigenvalue weighted by atomic mass is 16.1. The number of aryl methyl sites for hydroxylation is 2. The van der Waals surface area contributed by atoms with Crippen molar-refractivity contribution >= 4 is 11.6 Å². The average molecular weight is 274 g/mol. The van der Waals surface area contributed by atoms with Crippen LogP contribution in [0.3, 0.4) is 0 Å². The van der Waals surface area contributed by atoms with E-state index in [9.17, 15) is 4.79 Å². The first-order chi connectivity index (χ1) is 9.65. The first-order valence-corrected chi connectivity index (χ1v) is 6.37. The van der Waals surface area contributed by atoms with Crippen LogP contribution in [0.1, 0.15) is 28.7 Å². The molecule has 0 radical (unpaired) electrons. The van der Waals surface area contributed by atoms with Gasteiger partial charge in [-0.05, 0) is 26.0 Å². The van der Waals surface area contributed by atoms with Gasteiger partial charge in [0.15, 0.2) is 5.82 Å². The Bertz CT molecular complexity index is 607. The number of nitrogens with one attached hydrogen (secondary N) is 2. The van der Waals surface area contributed by atoms with Gasteiger partial charge in [-0.25, -0.2) is 0 Å². The Labute approximate surface area is 117 Å². The summed E-state index contributed by atoms with van der Waals surface area (Å²) in [7, 11) is 0. The minimum absolute atomic E-state index is 0.202. The topological polar surface area (TPSA) is 97.9 Å². The molecule has 7 nitrogen and oxygen atoms in total. The molecule has 2 aromatic rings. The molecular weight excluding hydrogens is 256 g/mol. The second-order valence-corrected chi connectivity index (χ2v) is 4.41. The van der Waals surface area contributed by atoms with Gasteiger partial charge in [-0.1, -0.05) is 11.6 Å². The van der Waals surface area contributed by atoms with Gasteiger partial charge in [0.2, 0.25) is 0 Å². The van der Waals surface area contributed by atoms with Gasteiger partial charge in [0, 0.05) is 6.54 Å². The van der Waals surface area contributed by atoms with Crippen LogP contribution in [-0.4, -0.2) is 20.7 Å². The number of nitrogen functional groups attached to an aromatic ring is 1. The summed E-state index contributed by atoms with van der Waals surface area (Å²) in [6.45, 7) is 5.00. The third-order valence-electron chi connectivity index (χ3n) is 3.02. The van der Waals surface area contributed by atoms with Crippen LogP contribution in [0.4, 0.5) is 5.69 Å². The molecule has 0 aliphatic rings. The van der Waals surface area contributed by atoms with E-state index in [1.807, 2.05) is 24.5 Å². The number of anilines is 1. The predicted molar refractivity (Wildman–Crippen MR) is 75.9 cm³/mol. The van der Waals surface area contributed by atoms with Crippen LogP contribution in [0.5, 0.6) is 0 Å². The fraction of sp³-hybridized carbons (Fsp3) is 0.308. The van der Waals surface area contributed by atoms with Crippen LogP contribution >= 0.6 is 0 Å². The van der Waals surface area contributed by atoms with E-state index in [0.717, 1.165) is 17.9 Å². The van der Waals surface area contributed by atoms with Gasteiger partial charge in [0.25, 0.3) is 5.91 Å². The highest BCUT2D eigenvalue weighted by Gasteiger charge is 2.12. The zero-order chi connectivity index (χ0) is 14.5. The number of carbonyl (C=O) groups excluding carboxylic acids is 1. The lowest BCUT2D eigenvalue weighted by Gasteiger charge is -2.10. The van der Waals surface area contributed by atoms with E-state index in [2.05, 4.69) is 20.9 Å². The molecule has 20 heavy (non-hydrogen) atoms. The number of amides is 1. The molecule has 0 aliphatic carbocycles. The summed E-state index contributed by atoms with van der Waals surface area (Å²) in [5.74, 6) is 5.94. The Kier molecular flexibility index (Phi) is 4.31. The Morgan fingerprint density at radius 2 is 2.25 bits per heavy atom. The molecule has 0 bridgehead atoms. The fourth-order valence-corrected chi connectivity index (χ4v) is 1.91. The maximum atomic E-state index is 12.2. The van der Waals surface area contributed by atoms with Gasteiger partial charge in [-0.3, -0.25) is 10.6 Å². The molecule has 1 aromatic heterocycles. The molecule has 4 N–H and O–H groups in total. The summed E-state index contributed by atoms with van der Waals surface area (Å²) in [4.78, 5) is 12.2. The Balaban J connectivity index is 2.11. The molecular formula is C13H18N6O. The van der Waals surface area contributed by atoms with E-state index in [1.54, 1.807) is 18.5 Å². The van der Waals surface area contributed by atoms with Crippen molar-refractivity contribution in [3.63, 3.8) is 0 Å². The van der Waals surface area contributed by atoms with Crippen LogP contribution in [0, 0.1) is 6.92 Å². The van der Waals surface area contributed by atoms with Crippen LogP contribution in [0.2, 0.25) is 0 Å². The maximum Gasteiger partial charge on any atom is 0.253 e. The van der Waals surface area contributed by atoms with Crippen LogP contribution in [0.15, 0.2) is 24.5 Å². The Hall–Kier alpha value is -2.41. The standard InChI is InChI=1S/C13H18N6O/c1-3-19-8-16-18-12(19)7-15-13(20)10-6-9(2)4-5-11(10)17-14/h4-6,8,17H,3,7,14H2,1-2H3,(H,15,20). The smallest absolute Gasteiger partial charge is 0.253 e. The second kappa shape index (κ2) is 6.16. The number of benzene rings is 1. The lowest BCUT2D eigenvalue weighted by molar-refractivity contribution is 0.0950. The van der Waals surface area contributed by atoms with Crippen molar-refractivity contribution in [2.75, 3.05) is 5.43 Å². The van der Waals surface area contributed by atoms with Gasteiger partial charge in [0.1, 0.15) is 6.33 Å². The van der Waals surface area contributed by atoms with E-state index < -0.39 is 0 Å². The third-order valence-corrected chi connectivity index (χ3v) is 3.02. The van der Waals surface area contributed by atoms with Crippen molar-refractivity contribution in [1.29, 1.82) is 0 Å². The SMILES string of the molecule is CCn1cnnc1CNC(=O)c1cc(C)ccc1NN. The first kappa shape index (κ1) is 14.0. The van der Waals surface area contributed by atoms with Gasteiger partial charge < -0.3 is 15.3 Å². The van der Waals surface area contributed by atoms with Crippen molar-refractivity contribution < 1.29 is 4.79 Å². The zero-order valence-electron chi connectivity index (χ0n) is 11.6. The summed E-state index contributed by atoms with van der Waals surface area (Å²) < 4.78 is 1.87. The predicted octanol–water partition coefficient (Wildman–Crippen LogP) is 0.822. The molecule has 0 atom stereocenters. The molecule has 0 unspecified atom stereocenters. The molecule has 1 aromatic carbocycles. The molecule has 0 saturated carbocycles. The van der Waals surface area contributed by atoms with Crippen molar-refractivity contribution in [1.82, 2.24) is 20.1 Å². The van der Waals surface area contributed by atoms with Gasteiger partial charge in [-0.15, -0.1) is 10.2 Å². The molecule has 7 heteroatoms. The molecule has 0 saturated heterocycles. The molecule has 106 valence electrons. The summed E-state index contributed by atoms with van der Waals surface area (Å²) in [6.07, 6.45) is 1.64. The van der Waals surface area contributed by atoms with Crippen molar-refractivity contribution in [3.05, 3.63) is 41.5 Å². The van der Waals surface area contributed by atoms with Crippen molar-refractivity contribution in [2.24, 2.45) is 5.84 Å². The maximum absolute atomic E-state index is 12.2. The molecule has 1 amide bonds. The second-order valence-electron chi connectivity index (χ2n) is 4.41. The minimum Gasteiger partial charge on any atom is -0.345 e. The first-order valence-electron chi connectivity index (χ1n) is 6.37. The summed E-state index contributed by atoms with van der Waals surface area (Å²) >= 11 is 0. The van der Waals surface area contributed by atoms with E-state index in [1.165, 1.54) is 0 Å². The van der Waals surface area contributed by atoms with E-state index in [-0.39, 0.29) is 5.91 Å². The highest BCUT2D eigenvalue weighted by molar-refractivity contribution is 5.99. The fourth-order valence-electron chi connectivity index (χ4n) is 1.91. The summed E-state index contributed by atoms with van der Waals surface area (Å²) in [6, 6.07) is 5.45. The molecule has 0 spiro atoms. The molecule has 0 aliphatic heterocycles. The summed E-state index contributed by atoms with van der Waals surface area (Å²) in [5, 5.41) is 10.6. The largest absolute Gasteiger partial charge is 0.345 e. The lowest BCUT2D eigenvalue weighted by Crippen LogP contribution is -2.26.